The fraction of sp³-hybridized carbons (Fsp3) is 0.462. The van der Waals surface area contributed by atoms with Crippen LogP contribution in [0.2, 0.25) is 0 Å². The molecule has 3 N–H and O–H groups in total. The number of carbonyl (C=O) groups is 1. The van der Waals surface area contributed by atoms with Gasteiger partial charge in [-0.15, -0.1) is 0 Å². The molecule has 19 heavy (non-hydrogen) atoms. The van der Waals surface area contributed by atoms with Crippen LogP contribution in [0.5, 0.6) is 0 Å². The van der Waals surface area contributed by atoms with Gasteiger partial charge in [-0.3, -0.25) is 4.79 Å². The van der Waals surface area contributed by atoms with Crippen LogP contribution >= 0.6 is 0 Å². The van der Waals surface area contributed by atoms with Gasteiger partial charge in [0.25, 0.3) is 5.91 Å². The zero-order chi connectivity index (χ0) is 14.3. The Labute approximate surface area is 114 Å². The Kier molecular flexibility index (Phi) is 5.98. The molecule has 0 radical (unpaired) electrons. The zero-order valence-corrected chi connectivity index (χ0v) is 11.9. The monoisotopic (exact) mass is 284 g/mol. The highest BCUT2D eigenvalue weighted by Crippen LogP contribution is 2.08. The van der Waals surface area contributed by atoms with Crippen molar-refractivity contribution in [2.75, 3.05) is 25.1 Å². The van der Waals surface area contributed by atoms with Crippen LogP contribution in [0, 0.1) is 0 Å². The maximum Gasteiger partial charge on any atom is 0.251 e. The van der Waals surface area contributed by atoms with Crippen LogP contribution in [0.3, 0.4) is 0 Å². The second kappa shape index (κ2) is 7.25. The Bertz CT molecular complexity index is 526. The molecule has 0 atom stereocenters. The van der Waals surface area contributed by atoms with Gasteiger partial charge in [0.15, 0.2) is 0 Å². The van der Waals surface area contributed by atoms with Gasteiger partial charge in [0.2, 0.25) is 0 Å². The van der Waals surface area contributed by atoms with Gasteiger partial charge in [-0.25, -0.2) is 8.42 Å². The van der Waals surface area contributed by atoms with Crippen LogP contribution in [-0.4, -0.2) is 39.4 Å². The van der Waals surface area contributed by atoms with Gasteiger partial charge in [0, 0.05) is 18.4 Å². The third-order valence-electron chi connectivity index (χ3n) is 2.65. The summed E-state index contributed by atoms with van der Waals surface area (Å²) in [6, 6.07) is 7.28. The summed E-state index contributed by atoms with van der Waals surface area (Å²) in [7, 11) is -2.97. The summed E-state index contributed by atoms with van der Waals surface area (Å²) in [4.78, 5) is 12.0. The SMILES string of the molecule is CS(=O)(=O)CCCNC(=O)c1ccccc1CCN. The number of hydrogen-bond acceptors (Lipinski definition) is 4. The summed E-state index contributed by atoms with van der Waals surface area (Å²) in [5.74, 6) is -0.102. The molecule has 0 fully saturated rings. The zero-order valence-electron chi connectivity index (χ0n) is 11.1. The van der Waals surface area contributed by atoms with Crippen molar-refractivity contribution >= 4 is 15.7 Å². The lowest BCUT2D eigenvalue weighted by Gasteiger charge is -2.09. The van der Waals surface area contributed by atoms with E-state index in [1.165, 1.54) is 6.26 Å². The minimum atomic E-state index is -2.97. The maximum atomic E-state index is 12.0. The van der Waals surface area contributed by atoms with E-state index < -0.39 is 9.84 Å². The van der Waals surface area contributed by atoms with E-state index in [1.807, 2.05) is 12.1 Å². The molecule has 0 spiro atoms. The summed E-state index contributed by atoms with van der Waals surface area (Å²) >= 11 is 0. The Morgan fingerprint density at radius 3 is 2.63 bits per heavy atom. The van der Waals surface area contributed by atoms with Gasteiger partial charge in [-0.1, -0.05) is 18.2 Å². The van der Waals surface area contributed by atoms with E-state index in [2.05, 4.69) is 5.32 Å². The lowest BCUT2D eigenvalue weighted by atomic mass is 10.0. The average Bonchev–Trinajstić information content (AvgIpc) is 2.34. The van der Waals surface area contributed by atoms with Crippen molar-refractivity contribution in [3.8, 4) is 0 Å². The Morgan fingerprint density at radius 2 is 2.00 bits per heavy atom. The summed E-state index contributed by atoms with van der Waals surface area (Å²) in [5.41, 5.74) is 7.01. The molecule has 0 aliphatic rings. The number of benzene rings is 1. The van der Waals surface area contributed by atoms with Crippen LogP contribution in [0.15, 0.2) is 24.3 Å². The number of nitrogens with two attached hydrogens (primary N) is 1. The molecule has 0 unspecified atom stereocenters. The van der Waals surface area contributed by atoms with Gasteiger partial charge >= 0.3 is 0 Å². The summed E-state index contributed by atoms with van der Waals surface area (Å²) < 4.78 is 21.9. The maximum absolute atomic E-state index is 12.0. The number of amides is 1. The molecular weight excluding hydrogens is 264 g/mol. The molecule has 0 saturated heterocycles. The second-order valence-electron chi connectivity index (χ2n) is 4.44. The van der Waals surface area contributed by atoms with Crippen molar-refractivity contribution in [1.82, 2.24) is 5.32 Å². The standard InChI is InChI=1S/C13H20N2O3S/c1-19(17,18)10-4-9-15-13(16)12-6-3-2-5-11(12)7-8-14/h2-3,5-6H,4,7-10,14H2,1H3,(H,15,16). The first kappa shape index (κ1) is 15.7. The smallest absolute Gasteiger partial charge is 0.251 e. The van der Waals surface area contributed by atoms with E-state index in [1.54, 1.807) is 12.1 Å². The van der Waals surface area contributed by atoms with Crippen LogP contribution in [0.25, 0.3) is 0 Å². The first-order valence-electron chi connectivity index (χ1n) is 6.18. The molecule has 5 nitrogen and oxygen atoms in total. The summed E-state index contributed by atoms with van der Waals surface area (Å²) in [6.07, 6.45) is 2.25. The minimum absolute atomic E-state index is 0.0811. The highest BCUT2D eigenvalue weighted by Gasteiger charge is 2.10. The van der Waals surface area contributed by atoms with Crippen molar-refractivity contribution in [3.05, 3.63) is 35.4 Å². The highest BCUT2D eigenvalue weighted by atomic mass is 32.2. The number of rotatable bonds is 7. The van der Waals surface area contributed by atoms with Crippen molar-refractivity contribution in [2.24, 2.45) is 5.73 Å². The van der Waals surface area contributed by atoms with Crippen LogP contribution < -0.4 is 11.1 Å². The molecule has 1 amide bonds. The highest BCUT2D eigenvalue weighted by molar-refractivity contribution is 7.90. The van der Waals surface area contributed by atoms with Gasteiger partial charge in [-0.05, 0) is 31.0 Å². The summed E-state index contributed by atoms with van der Waals surface area (Å²) in [5, 5.41) is 2.73. The number of carbonyl (C=O) groups excluding carboxylic acids is 1. The van der Waals surface area contributed by atoms with E-state index >= 15 is 0 Å². The van der Waals surface area contributed by atoms with E-state index in [9.17, 15) is 13.2 Å². The van der Waals surface area contributed by atoms with Crippen LogP contribution in [0.4, 0.5) is 0 Å². The topological polar surface area (TPSA) is 89.3 Å². The normalized spacial score (nSPS) is 11.3. The van der Waals surface area contributed by atoms with Crippen molar-refractivity contribution in [3.63, 3.8) is 0 Å². The first-order chi connectivity index (χ1) is 8.94. The van der Waals surface area contributed by atoms with E-state index in [-0.39, 0.29) is 11.7 Å². The van der Waals surface area contributed by atoms with Crippen molar-refractivity contribution in [2.45, 2.75) is 12.8 Å². The molecular formula is C13H20N2O3S. The van der Waals surface area contributed by atoms with Crippen molar-refractivity contribution < 1.29 is 13.2 Å². The first-order valence-corrected chi connectivity index (χ1v) is 8.24. The molecule has 106 valence electrons. The fourth-order valence-corrected chi connectivity index (χ4v) is 2.42. The van der Waals surface area contributed by atoms with Gasteiger partial charge < -0.3 is 11.1 Å². The molecule has 0 aromatic heterocycles. The van der Waals surface area contributed by atoms with Crippen molar-refractivity contribution in [1.29, 1.82) is 0 Å². The molecule has 0 saturated carbocycles. The lowest BCUT2D eigenvalue weighted by Crippen LogP contribution is -2.27. The molecule has 1 rings (SSSR count). The largest absolute Gasteiger partial charge is 0.352 e. The van der Waals surface area contributed by atoms with Gasteiger partial charge in [0.05, 0.1) is 5.75 Å². The van der Waals surface area contributed by atoms with E-state index in [0.29, 0.717) is 31.5 Å². The third-order valence-corrected chi connectivity index (χ3v) is 3.68. The number of hydrogen-bond donors (Lipinski definition) is 2. The number of sulfone groups is 1. The minimum Gasteiger partial charge on any atom is -0.352 e. The summed E-state index contributed by atoms with van der Waals surface area (Å²) in [6.45, 7) is 0.835. The van der Waals surface area contributed by atoms with Gasteiger partial charge in [-0.2, -0.15) is 0 Å². The lowest BCUT2D eigenvalue weighted by molar-refractivity contribution is 0.0953. The quantitative estimate of drug-likeness (QED) is 0.707. The molecule has 0 heterocycles. The van der Waals surface area contributed by atoms with Crippen LogP contribution in [-0.2, 0) is 16.3 Å². The fourth-order valence-electron chi connectivity index (χ4n) is 1.75. The molecule has 0 aliphatic heterocycles. The third kappa shape index (κ3) is 5.85. The molecule has 0 aliphatic carbocycles. The Balaban J connectivity index is 2.54. The Hall–Kier alpha value is -1.40. The van der Waals surface area contributed by atoms with Crippen LogP contribution in [0.1, 0.15) is 22.3 Å². The molecule has 0 bridgehead atoms. The molecule has 1 aromatic carbocycles. The average molecular weight is 284 g/mol. The second-order valence-corrected chi connectivity index (χ2v) is 6.69. The number of nitrogens with one attached hydrogen (secondary N) is 1. The Morgan fingerprint density at radius 1 is 1.32 bits per heavy atom. The van der Waals surface area contributed by atoms with E-state index in [0.717, 1.165) is 5.56 Å². The molecule has 1 aromatic rings. The predicted octanol–water partition coefficient (Wildman–Crippen LogP) is 0.352. The molecule has 6 heteroatoms. The van der Waals surface area contributed by atoms with E-state index in [4.69, 9.17) is 5.73 Å². The predicted molar refractivity (Wildman–Crippen MR) is 75.9 cm³/mol. The van der Waals surface area contributed by atoms with Gasteiger partial charge in [0.1, 0.15) is 9.84 Å².